The number of esters is 2. The van der Waals surface area contributed by atoms with Gasteiger partial charge in [0, 0.05) is 19.4 Å². The van der Waals surface area contributed by atoms with Crippen molar-refractivity contribution in [1.29, 1.82) is 0 Å². The van der Waals surface area contributed by atoms with E-state index < -0.39 is 26.5 Å². The van der Waals surface area contributed by atoms with Gasteiger partial charge in [0.15, 0.2) is 6.10 Å². The average molecular weight is 1180 g/mol. The summed E-state index contributed by atoms with van der Waals surface area (Å²) >= 11 is 0. The number of nitrogens with two attached hydrogens (primary N) is 1. The van der Waals surface area contributed by atoms with E-state index in [9.17, 15) is 19.0 Å². The summed E-state index contributed by atoms with van der Waals surface area (Å²) < 4.78 is 33.2. The van der Waals surface area contributed by atoms with Crippen LogP contribution in [0.4, 0.5) is 0 Å². The molecule has 0 amide bonds. The van der Waals surface area contributed by atoms with E-state index in [0.717, 1.165) is 77.0 Å². The normalized spacial score (nSPS) is 13.3. The van der Waals surface area contributed by atoms with Crippen LogP contribution < -0.4 is 5.73 Å². The molecule has 9 nitrogen and oxygen atoms in total. The Labute approximate surface area is 513 Å². The van der Waals surface area contributed by atoms with Gasteiger partial charge < -0.3 is 20.1 Å². The summed E-state index contributed by atoms with van der Waals surface area (Å²) in [6.45, 7) is 3.66. The summed E-state index contributed by atoms with van der Waals surface area (Å²) in [6, 6.07) is 0. The molecule has 0 spiro atoms. The predicted octanol–water partition coefficient (Wildman–Crippen LogP) is 23.2. The van der Waals surface area contributed by atoms with Gasteiger partial charge in [0.05, 0.1) is 13.2 Å². The first-order chi connectivity index (χ1) is 40.8. The minimum absolute atomic E-state index is 0.0519. The minimum Gasteiger partial charge on any atom is -0.462 e. The van der Waals surface area contributed by atoms with Crippen LogP contribution in [0.25, 0.3) is 0 Å². The molecular weight excluding hydrogens is 1050 g/mol. The van der Waals surface area contributed by atoms with E-state index in [4.69, 9.17) is 24.3 Å². The number of hydrogen-bond acceptors (Lipinski definition) is 8. The Morgan fingerprint density at radius 2 is 0.663 bits per heavy atom. The Hall–Kier alpha value is -2.55. The molecular formula is C73H134NO8P. The Balaban J connectivity index is 3.78. The summed E-state index contributed by atoms with van der Waals surface area (Å²) in [4.78, 5) is 35.3. The SMILES string of the molecule is CC/C=C\C/C=C\C/C=C\C/C=C\CCCCCCCCCCCCC(=O)OC(COC(=O)CCCCCCCCCCCCCCCCCCCCCCCCCCCCC/C=C\C/C=C\CCCCCCC)COP(=O)(O)OCCN. The van der Waals surface area contributed by atoms with Gasteiger partial charge in [0.1, 0.15) is 6.61 Å². The lowest BCUT2D eigenvalue weighted by atomic mass is 10.0. The number of hydrogen-bond donors (Lipinski definition) is 2. The van der Waals surface area contributed by atoms with Crippen LogP contribution in [0, 0.1) is 0 Å². The van der Waals surface area contributed by atoms with Crippen LogP contribution in [0.5, 0.6) is 0 Å². The van der Waals surface area contributed by atoms with Crippen molar-refractivity contribution in [1.82, 2.24) is 0 Å². The van der Waals surface area contributed by atoms with Crippen LogP contribution in [0.3, 0.4) is 0 Å². The molecule has 0 aliphatic carbocycles. The predicted molar refractivity (Wildman–Crippen MR) is 358 cm³/mol. The maximum atomic E-state index is 12.7. The van der Waals surface area contributed by atoms with E-state index in [0.29, 0.717) is 6.42 Å². The first-order valence-electron chi connectivity index (χ1n) is 35.4. The van der Waals surface area contributed by atoms with Gasteiger partial charge in [-0.1, -0.05) is 324 Å². The van der Waals surface area contributed by atoms with E-state index >= 15 is 0 Å². The Morgan fingerprint density at radius 1 is 0.373 bits per heavy atom. The maximum Gasteiger partial charge on any atom is 0.472 e. The molecule has 2 unspecified atom stereocenters. The molecule has 3 N–H and O–H groups in total. The van der Waals surface area contributed by atoms with Crippen molar-refractivity contribution < 1.29 is 37.6 Å². The zero-order valence-electron chi connectivity index (χ0n) is 54.4. The van der Waals surface area contributed by atoms with Gasteiger partial charge in [0.2, 0.25) is 0 Å². The van der Waals surface area contributed by atoms with Crippen molar-refractivity contribution in [2.24, 2.45) is 5.73 Å². The number of rotatable bonds is 67. The number of allylic oxidation sites excluding steroid dienone is 12. The molecule has 2 atom stereocenters. The lowest BCUT2D eigenvalue weighted by Crippen LogP contribution is -2.29. The van der Waals surface area contributed by atoms with Crippen molar-refractivity contribution in [3.63, 3.8) is 0 Å². The summed E-state index contributed by atoms with van der Waals surface area (Å²) in [5.74, 6) is -0.819. The summed E-state index contributed by atoms with van der Waals surface area (Å²) in [5.41, 5.74) is 5.40. The van der Waals surface area contributed by atoms with Crippen LogP contribution in [0.2, 0.25) is 0 Å². The number of phosphoric acid groups is 1. The summed E-state index contributed by atoms with van der Waals surface area (Å²) in [5, 5.41) is 0. The van der Waals surface area contributed by atoms with Gasteiger partial charge in [-0.05, 0) is 83.5 Å². The number of carbonyl (C=O) groups is 2. The minimum atomic E-state index is -4.39. The van der Waals surface area contributed by atoms with Crippen molar-refractivity contribution >= 4 is 19.8 Å². The van der Waals surface area contributed by atoms with Gasteiger partial charge in [0.25, 0.3) is 0 Å². The molecule has 0 aromatic carbocycles. The van der Waals surface area contributed by atoms with Gasteiger partial charge in [-0.15, -0.1) is 0 Å². The number of ether oxygens (including phenoxy) is 2. The van der Waals surface area contributed by atoms with Crippen LogP contribution in [-0.4, -0.2) is 49.3 Å². The molecule has 0 aliphatic heterocycles. The number of phosphoric ester groups is 1. The van der Waals surface area contributed by atoms with E-state index in [1.807, 2.05) is 0 Å². The first-order valence-corrected chi connectivity index (χ1v) is 36.9. The third kappa shape index (κ3) is 68.4. The third-order valence-corrected chi connectivity index (χ3v) is 16.6. The Morgan fingerprint density at radius 3 is 0.988 bits per heavy atom. The number of unbranched alkanes of at least 4 members (excludes halogenated alkanes) is 42. The fourth-order valence-corrected chi connectivity index (χ4v) is 11.1. The van der Waals surface area contributed by atoms with E-state index in [2.05, 4.69) is 86.8 Å². The fourth-order valence-electron chi connectivity index (χ4n) is 10.4. The monoisotopic (exact) mass is 1180 g/mol. The lowest BCUT2D eigenvalue weighted by molar-refractivity contribution is -0.161. The van der Waals surface area contributed by atoms with Crippen molar-refractivity contribution in [2.75, 3.05) is 26.4 Å². The molecule has 0 saturated carbocycles. The average Bonchev–Trinajstić information content (AvgIpc) is 3.48. The maximum absolute atomic E-state index is 12.7. The Kier molecular flexibility index (Phi) is 66.5. The molecule has 0 bridgehead atoms. The van der Waals surface area contributed by atoms with E-state index in [-0.39, 0.29) is 38.6 Å². The second kappa shape index (κ2) is 68.6. The summed E-state index contributed by atoms with van der Waals surface area (Å²) in [7, 11) is -4.39. The second-order valence-electron chi connectivity index (χ2n) is 23.7. The number of carbonyl (C=O) groups excluding carboxylic acids is 2. The molecule has 0 radical (unpaired) electrons. The molecule has 0 heterocycles. The second-order valence-corrected chi connectivity index (χ2v) is 25.2. The highest BCUT2D eigenvalue weighted by atomic mass is 31.2. The largest absolute Gasteiger partial charge is 0.472 e. The van der Waals surface area contributed by atoms with Crippen LogP contribution >= 0.6 is 7.82 Å². The third-order valence-electron chi connectivity index (χ3n) is 15.6. The highest BCUT2D eigenvalue weighted by Crippen LogP contribution is 2.43. The van der Waals surface area contributed by atoms with Crippen LogP contribution in [-0.2, 0) is 32.7 Å². The zero-order valence-corrected chi connectivity index (χ0v) is 55.3. The van der Waals surface area contributed by atoms with Crippen LogP contribution in [0.1, 0.15) is 348 Å². The molecule has 0 aromatic heterocycles. The van der Waals surface area contributed by atoms with Crippen molar-refractivity contribution in [2.45, 2.75) is 354 Å². The smallest absolute Gasteiger partial charge is 0.462 e. The van der Waals surface area contributed by atoms with Gasteiger partial charge >= 0.3 is 19.8 Å². The molecule has 83 heavy (non-hydrogen) atoms. The van der Waals surface area contributed by atoms with Crippen LogP contribution in [0.15, 0.2) is 72.9 Å². The van der Waals surface area contributed by atoms with Gasteiger partial charge in [-0.3, -0.25) is 18.6 Å². The summed E-state index contributed by atoms with van der Waals surface area (Å²) in [6.07, 6.45) is 90.1. The standard InChI is InChI=1S/C73H134NO8P/c1-3-5-7-9-11-13-15-17-19-21-23-25-27-28-29-30-31-32-33-34-35-36-37-38-39-40-41-42-44-45-47-49-51-53-55-57-59-61-63-65-72(75)79-69-71(70-81-83(77,78)80-68-67-74)82-73(76)66-64-62-60-58-56-54-52-50-48-46-43-26-24-22-20-18-16-14-12-10-8-6-4-2/h6,8,12,14-15,17-18,20-21,23-24,26,71H,3-5,7,9-11,13,16,19,22,25,27-70,74H2,1-2H3,(H,77,78)/b8-6-,14-12-,17-15-,20-18-,23-21-,26-24-. The molecule has 0 rings (SSSR count). The molecule has 0 saturated heterocycles. The molecule has 10 heteroatoms. The van der Waals surface area contributed by atoms with Gasteiger partial charge in [-0.2, -0.15) is 0 Å². The van der Waals surface area contributed by atoms with Gasteiger partial charge in [-0.25, -0.2) is 4.57 Å². The van der Waals surface area contributed by atoms with Crippen molar-refractivity contribution in [3.8, 4) is 0 Å². The lowest BCUT2D eigenvalue weighted by Gasteiger charge is -2.19. The molecule has 0 aromatic rings. The molecule has 0 fully saturated rings. The zero-order chi connectivity index (χ0) is 60.1. The molecule has 0 aliphatic rings. The molecule has 484 valence electrons. The van der Waals surface area contributed by atoms with E-state index in [1.54, 1.807) is 0 Å². The topological polar surface area (TPSA) is 134 Å². The highest BCUT2D eigenvalue weighted by Gasteiger charge is 2.26. The van der Waals surface area contributed by atoms with E-state index in [1.165, 1.54) is 238 Å². The quantitative estimate of drug-likeness (QED) is 0.0264. The first kappa shape index (κ1) is 80.5. The highest BCUT2D eigenvalue weighted by molar-refractivity contribution is 7.47. The Bertz CT molecular complexity index is 1590. The van der Waals surface area contributed by atoms with Crippen molar-refractivity contribution in [3.05, 3.63) is 72.9 Å². The fraction of sp³-hybridized carbons (Fsp3) is 0.808.